The lowest BCUT2D eigenvalue weighted by Crippen LogP contribution is -2.11. The van der Waals surface area contributed by atoms with Crippen molar-refractivity contribution in [3.05, 3.63) is 11.7 Å². The Morgan fingerprint density at radius 1 is 1.64 bits per heavy atom. The first-order valence-corrected chi connectivity index (χ1v) is 3.79. The lowest BCUT2D eigenvalue weighted by Gasteiger charge is -2.02. The van der Waals surface area contributed by atoms with Crippen molar-refractivity contribution in [2.24, 2.45) is 5.73 Å². The predicted octanol–water partition coefficient (Wildman–Crippen LogP) is 1.18. The maximum Gasteiger partial charge on any atom is 0.223 e. The van der Waals surface area contributed by atoms with E-state index in [9.17, 15) is 0 Å². The molecule has 0 aliphatic heterocycles. The van der Waals surface area contributed by atoms with Gasteiger partial charge in [0.15, 0.2) is 5.82 Å². The quantitative estimate of drug-likeness (QED) is 0.711. The molecule has 11 heavy (non-hydrogen) atoms. The van der Waals surface area contributed by atoms with Gasteiger partial charge in [0.2, 0.25) is 5.89 Å². The Bertz CT molecular complexity index is 221. The maximum atomic E-state index is 5.73. The van der Waals surface area contributed by atoms with Crippen LogP contribution in [-0.2, 0) is 0 Å². The molecule has 4 heteroatoms. The molecule has 0 spiro atoms. The van der Waals surface area contributed by atoms with Crippen LogP contribution in [0, 0.1) is 6.92 Å². The normalized spacial score (nSPS) is 13.4. The van der Waals surface area contributed by atoms with E-state index < -0.39 is 0 Å². The second-order valence-corrected chi connectivity index (χ2v) is 2.57. The summed E-state index contributed by atoms with van der Waals surface area (Å²) in [6, 6.07) is -0.0718. The van der Waals surface area contributed by atoms with Crippen molar-refractivity contribution < 1.29 is 4.52 Å². The van der Waals surface area contributed by atoms with E-state index >= 15 is 0 Å². The summed E-state index contributed by atoms with van der Waals surface area (Å²) in [6.45, 7) is 3.84. The SMILES string of the molecule is CCC[C@@H](N)c1noc(C)n1. The van der Waals surface area contributed by atoms with Gasteiger partial charge in [-0.05, 0) is 6.42 Å². The van der Waals surface area contributed by atoms with Gasteiger partial charge in [-0.1, -0.05) is 18.5 Å². The molecule has 2 N–H and O–H groups in total. The standard InChI is InChI=1S/C7H13N3O/c1-3-4-6(8)7-9-5(2)11-10-7/h6H,3-4,8H2,1-2H3/t6-/m1/s1. The van der Waals surface area contributed by atoms with E-state index in [0.29, 0.717) is 11.7 Å². The lowest BCUT2D eigenvalue weighted by molar-refractivity contribution is 0.381. The number of hydrogen-bond acceptors (Lipinski definition) is 4. The molecule has 1 atom stereocenters. The molecule has 4 nitrogen and oxygen atoms in total. The molecule has 0 amide bonds. The average molecular weight is 155 g/mol. The van der Waals surface area contributed by atoms with Gasteiger partial charge in [-0.15, -0.1) is 0 Å². The third-order valence-corrected chi connectivity index (χ3v) is 1.47. The topological polar surface area (TPSA) is 64.9 Å². The number of aryl methyl sites for hydroxylation is 1. The Kier molecular flexibility index (Phi) is 2.59. The predicted molar refractivity (Wildman–Crippen MR) is 40.9 cm³/mol. The number of aromatic nitrogens is 2. The number of hydrogen-bond donors (Lipinski definition) is 1. The molecule has 0 aliphatic carbocycles. The lowest BCUT2D eigenvalue weighted by atomic mass is 10.2. The number of rotatable bonds is 3. The molecule has 1 aromatic heterocycles. The molecule has 0 unspecified atom stereocenters. The molecular weight excluding hydrogens is 142 g/mol. The maximum absolute atomic E-state index is 5.73. The molecule has 0 aromatic carbocycles. The Hall–Kier alpha value is -0.900. The number of nitrogens with zero attached hydrogens (tertiary/aromatic N) is 2. The van der Waals surface area contributed by atoms with E-state index in [1.807, 2.05) is 0 Å². The fourth-order valence-corrected chi connectivity index (χ4v) is 0.906. The molecule has 0 saturated carbocycles. The number of nitrogens with two attached hydrogens (primary N) is 1. The van der Waals surface area contributed by atoms with Gasteiger partial charge < -0.3 is 10.3 Å². The van der Waals surface area contributed by atoms with Crippen molar-refractivity contribution in [3.8, 4) is 0 Å². The van der Waals surface area contributed by atoms with Crippen molar-refractivity contribution in [3.63, 3.8) is 0 Å². The van der Waals surface area contributed by atoms with Gasteiger partial charge in [-0.2, -0.15) is 4.98 Å². The fourth-order valence-electron chi connectivity index (χ4n) is 0.906. The first-order valence-electron chi connectivity index (χ1n) is 3.79. The van der Waals surface area contributed by atoms with Gasteiger partial charge in [0, 0.05) is 6.92 Å². The summed E-state index contributed by atoms with van der Waals surface area (Å²) in [5.74, 6) is 1.19. The molecule has 0 bridgehead atoms. The zero-order valence-corrected chi connectivity index (χ0v) is 6.87. The summed E-state index contributed by atoms with van der Waals surface area (Å²) in [5, 5.41) is 3.72. The van der Waals surface area contributed by atoms with Crippen LogP contribution in [0.25, 0.3) is 0 Å². The van der Waals surface area contributed by atoms with E-state index in [1.165, 1.54) is 0 Å². The van der Waals surface area contributed by atoms with Crippen LogP contribution in [0.4, 0.5) is 0 Å². The largest absolute Gasteiger partial charge is 0.340 e. The van der Waals surface area contributed by atoms with Crippen molar-refractivity contribution >= 4 is 0 Å². The Labute approximate surface area is 65.8 Å². The molecule has 0 aliphatic rings. The minimum absolute atomic E-state index is 0.0718. The molecule has 0 fully saturated rings. The minimum Gasteiger partial charge on any atom is -0.340 e. The van der Waals surface area contributed by atoms with Crippen LogP contribution in [0.15, 0.2) is 4.52 Å². The van der Waals surface area contributed by atoms with Crippen LogP contribution in [-0.4, -0.2) is 10.1 Å². The first kappa shape index (κ1) is 8.20. The van der Waals surface area contributed by atoms with E-state index in [1.54, 1.807) is 6.92 Å². The summed E-state index contributed by atoms with van der Waals surface area (Å²) >= 11 is 0. The molecule has 1 heterocycles. The third-order valence-electron chi connectivity index (χ3n) is 1.47. The van der Waals surface area contributed by atoms with Gasteiger partial charge in [0.1, 0.15) is 0 Å². The van der Waals surface area contributed by atoms with Crippen LogP contribution in [0.1, 0.15) is 37.5 Å². The highest BCUT2D eigenvalue weighted by molar-refractivity contribution is 4.90. The van der Waals surface area contributed by atoms with Crippen molar-refractivity contribution in [1.82, 2.24) is 10.1 Å². The van der Waals surface area contributed by atoms with E-state index in [-0.39, 0.29) is 6.04 Å². The molecular formula is C7H13N3O. The molecule has 62 valence electrons. The van der Waals surface area contributed by atoms with Crippen LogP contribution < -0.4 is 5.73 Å². The van der Waals surface area contributed by atoms with Crippen LogP contribution in [0.3, 0.4) is 0 Å². The minimum atomic E-state index is -0.0718. The van der Waals surface area contributed by atoms with Gasteiger partial charge in [-0.25, -0.2) is 0 Å². The second-order valence-electron chi connectivity index (χ2n) is 2.57. The Balaban J connectivity index is 2.60. The van der Waals surface area contributed by atoms with Gasteiger partial charge in [0.25, 0.3) is 0 Å². The molecule has 0 saturated heterocycles. The van der Waals surface area contributed by atoms with Crippen LogP contribution in [0.5, 0.6) is 0 Å². The highest BCUT2D eigenvalue weighted by atomic mass is 16.5. The second kappa shape index (κ2) is 3.48. The zero-order valence-electron chi connectivity index (χ0n) is 6.87. The van der Waals surface area contributed by atoms with E-state index in [2.05, 4.69) is 17.1 Å². The average Bonchev–Trinajstić information content (AvgIpc) is 2.36. The highest BCUT2D eigenvalue weighted by Crippen LogP contribution is 2.10. The van der Waals surface area contributed by atoms with Crippen molar-refractivity contribution in [2.75, 3.05) is 0 Å². The molecule has 1 aromatic rings. The monoisotopic (exact) mass is 155 g/mol. The van der Waals surface area contributed by atoms with E-state index in [0.717, 1.165) is 12.8 Å². The fraction of sp³-hybridized carbons (Fsp3) is 0.714. The third kappa shape index (κ3) is 2.01. The summed E-state index contributed by atoms with van der Waals surface area (Å²) in [7, 11) is 0. The van der Waals surface area contributed by atoms with E-state index in [4.69, 9.17) is 10.3 Å². The molecule has 0 radical (unpaired) electrons. The smallest absolute Gasteiger partial charge is 0.223 e. The van der Waals surface area contributed by atoms with Crippen molar-refractivity contribution in [1.29, 1.82) is 0 Å². The van der Waals surface area contributed by atoms with Gasteiger partial charge in [-0.3, -0.25) is 0 Å². The zero-order chi connectivity index (χ0) is 8.27. The first-order chi connectivity index (χ1) is 5.24. The van der Waals surface area contributed by atoms with Gasteiger partial charge in [0.05, 0.1) is 6.04 Å². The summed E-state index contributed by atoms with van der Waals surface area (Å²) in [5.41, 5.74) is 5.73. The van der Waals surface area contributed by atoms with Gasteiger partial charge >= 0.3 is 0 Å². The van der Waals surface area contributed by atoms with Crippen LogP contribution >= 0.6 is 0 Å². The van der Waals surface area contributed by atoms with Crippen LogP contribution in [0.2, 0.25) is 0 Å². The Morgan fingerprint density at radius 2 is 2.36 bits per heavy atom. The summed E-state index contributed by atoms with van der Waals surface area (Å²) in [6.07, 6.45) is 1.94. The molecule has 1 rings (SSSR count). The summed E-state index contributed by atoms with van der Waals surface area (Å²) < 4.78 is 4.79. The summed E-state index contributed by atoms with van der Waals surface area (Å²) in [4.78, 5) is 4.03. The van der Waals surface area contributed by atoms with Crippen molar-refractivity contribution in [2.45, 2.75) is 32.7 Å². The Morgan fingerprint density at radius 3 is 2.82 bits per heavy atom. The highest BCUT2D eigenvalue weighted by Gasteiger charge is 2.10.